The van der Waals surface area contributed by atoms with E-state index in [2.05, 4.69) is 15.9 Å². The van der Waals surface area contributed by atoms with Crippen molar-refractivity contribution in [2.45, 2.75) is 6.42 Å². The zero-order valence-corrected chi connectivity index (χ0v) is 9.36. The minimum Gasteiger partial charge on any atom is -0.478 e. The fraction of sp³-hybridized carbons (Fsp3) is 0.0909. The number of benzene rings is 1. The molecule has 0 aromatic heterocycles. The van der Waals surface area contributed by atoms with Gasteiger partial charge in [0.25, 0.3) is 0 Å². The molecule has 0 spiro atoms. The molecule has 1 aromatic rings. The number of allylic oxidation sites excluding steroid dienone is 1. The summed E-state index contributed by atoms with van der Waals surface area (Å²) in [7, 11) is 0. The summed E-state index contributed by atoms with van der Waals surface area (Å²) in [5, 5.41) is 17.2. The second kappa shape index (κ2) is 5.32. The van der Waals surface area contributed by atoms with Crippen molar-refractivity contribution in [3.63, 3.8) is 0 Å². The van der Waals surface area contributed by atoms with Gasteiger partial charge in [-0.15, -0.1) is 0 Å². The van der Waals surface area contributed by atoms with E-state index in [0.29, 0.717) is 5.56 Å². The van der Waals surface area contributed by atoms with Gasteiger partial charge < -0.3 is 5.11 Å². The number of carboxylic acids is 1. The molecule has 3 nitrogen and oxygen atoms in total. The zero-order valence-electron chi connectivity index (χ0n) is 7.77. The molecule has 1 rings (SSSR count). The smallest absolute Gasteiger partial charge is 0.336 e. The minimum absolute atomic E-state index is 0.229. The van der Waals surface area contributed by atoms with Crippen molar-refractivity contribution in [1.82, 2.24) is 0 Å². The van der Waals surface area contributed by atoms with Gasteiger partial charge in [0.05, 0.1) is 18.1 Å². The lowest BCUT2D eigenvalue weighted by Crippen LogP contribution is -1.98. The van der Waals surface area contributed by atoms with Crippen LogP contribution in [0.2, 0.25) is 0 Å². The van der Waals surface area contributed by atoms with Crippen LogP contribution >= 0.6 is 15.9 Å². The number of nitrogens with zero attached hydrogens (tertiary/aromatic N) is 1. The third-order valence-corrected chi connectivity index (χ3v) is 2.24. The highest BCUT2D eigenvalue weighted by Crippen LogP contribution is 2.18. The van der Waals surface area contributed by atoms with Crippen molar-refractivity contribution in [2.24, 2.45) is 0 Å². The summed E-state index contributed by atoms with van der Waals surface area (Å²) in [5.41, 5.74) is 0.819. The second-order valence-corrected chi connectivity index (χ2v) is 3.72. The summed E-state index contributed by atoms with van der Waals surface area (Å²) in [5.74, 6) is -0.973. The van der Waals surface area contributed by atoms with Crippen LogP contribution in [0.1, 0.15) is 22.3 Å². The van der Waals surface area contributed by atoms with Crippen molar-refractivity contribution in [2.75, 3.05) is 0 Å². The molecule has 1 N–H and O–H groups in total. The fourth-order valence-electron chi connectivity index (χ4n) is 1.10. The Labute approximate surface area is 95.8 Å². The first kappa shape index (κ1) is 11.5. The van der Waals surface area contributed by atoms with Crippen LogP contribution in [0.25, 0.3) is 6.08 Å². The molecule has 0 bridgehead atoms. The zero-order chi connectivity index (χ0) is 11.3. The number of aromatic carboxylic acids is 1. The van der Waals surface area contributed by atoms with Gasteiger partial charge in [-0.1, -0.05) is 28.1 Å². The average Bonchev–Trinajstić information content (AvgIpc) is 2.18. The van der Waals surface area contributed by atoms with E-state index in [9.17, 15) is 4.79 Å². The Bertz CT molecular complexity index is 446. The van der Waals surface area contributed by atoms with Crippen molar-refractivity contribution >= 4 is 28.0 Å². The number of hydrogen-bond acceptors (Lipinski definition) is 2. The number of rotatable bonds is 3. The molecule has 0 aliphatic heterocycles. The Balaban J connectivity index is 3.08. The summed E-state index contributed by atoms with van der Waals surface area (Å²) in [6, 6.07) is 6.86. The fourth-order valence-corrected chi connectivity index (χ4v) is 1.48. The van der Waals surface area contributed by atoms with E-state index in [-0.39, 0.29) is 12.0 Å². The quantitative estimate of drug-likeness (QED) is 0.914. The van der Waals surface area contributed by atoms with E-state index in [1.54, 1.807) is 24.3 Å². The molecule has 4 heteroatoms. The molecule has 0 aliphatic rings. The van der Waals surface area contributed by atoms with E-state index >= 15 is 0 Å². The van der Waals surface area contributed by atoms with Crippen molar-refractivity contribution in [3.05, 3.63) is 39.9 Å². The second-order valence-electron chi connectivity index (χ2n) is 2.80. The van der Waals surface area contributed by atoms with Crippen molar-refractivity contribution < 1.29 is 9.90 Å². The Morgan fingerprint density at radius 1 is 1.60 bits per heavy atom. The van der Waals surface area contributed by atoms with Gasteiger partial charge in [0.1, 0.15) is 0 Å². The van der Waals surface area contributed by atoms with E-state index in [4.69, 9.17) is 10.4 Å². The van der Waals surface area contributed by atoms with E-state index in [1.165, 1.54) is 6.07 Å². The molecule has 0 atom stereocenters. The maximum Gasteiger partial charge on any atom is 0.336 e. The number of halogens is 1. The third kappa shape index (κ3) is 3.22. The Hall–Kier alpha value is -1.60. The molecule has 0 amide bonds. The topological polar surface area (TPSA) is 61.1 Å². The van der Waals surface area contributed by atoms with Crippen LogP contribution in [-0.4, -0.2) is 11.1 Å². The van der Waals surface area contributed by atoms with Gasteiger partial charge in [-0.25, -0.2) is 4.79 Å². The molecular weight excluding hydrogens is 258 g/mol. The standard InChI is InChI=1S/C11H8BrNO2/c12-9-4-5-10(11(14)15)8(7-9)3-1-2-6-13/h1,3-5,7H,2H2,(H,14,15). The maximum absolute atomic E-state index is 10.9. The van der Waals surface area contributed by atoms with Gasteiger partial charge in [0.2, 0.25) is 0 Å². The predicted octanol–water partition coefficient (Wildman–Crippen LogP) is 3.07. The molecule has 0 heterocycles. The van der Waals surface area contributed by atoms with Gasteiger partial charge in [0.15, 0.2) is 0 Å². The number of carbonyl (C=O) groups is 1. The molecule has 0 saturated heterocycles. The lowest BCUT2D eigenvalue weighted by Gasteiger charge is -2.01. The minimum atomic E-state index is -0.973. The van der Waals surface area contributed by atoms with Gasteiger partial charge in [-0.05, 0) is 23.8 Å². The maximum atomic E-state index is 10.9. The highest BCUT2D eigenvalue weighted by molar-refractivity contribution is 9.10. The highest BCUT2D eigenvalue weighted by atomic mass is 79.9. The summed E-state index contributed by atoms with van der Waals surface area (Å²) in [4.78, 5) is 10.9. The van der Waals surface area contributed by atoms with Crippen LogP contribution in [0.3, 0.4) is 0 Å². The summed E-state index contributed by atoms with van der Waals surface area (Å²) >= 11 is 3.26. The van der Waals surface area contributed by atoms with Gasteiger partial charge in [0, 0.05) is 4.47 Å². The molecule has 0 saturated carbocycles. The van der Waals surface area contributed by atoms with E-state index in [0.717, 1.165) is 4.47 Å². The van der Waals surface area contributed by atoms with Crippen molar-refractivity contribution in [3.8, 4) is 6.07 Å². The number of carboxylic acid groups (broad SMARTS) is 1. The average molecular weight is 266 g/mol. The normalized spacial score (nSPS) is 10.1. The van der Waals surface area contributed by atoms with Gasteiger partial charge >= 0.3 is 5.97 Å². The van der Waals surface area contributed by atoms with Crippen LogP contribution in [-0.2, 0) is 0 Å². The molecule has 0 unspecified atom stereocenters. The molecule has 0 fully saturated rings. The number of hydrogen-bond donors (Lipinski definition) is 1. The first-order valence-corrected chi connectivity index (χ1v) is 5.01. The van der Waals surface area contributed by atoms with E-state index in [1.807, 2.05) is 6.07 Å². The Kier molecular flexibility index (Phi) is 4.07. The molecule has 1 aromatic carbocycles. The van der Waals surface area contributed by atoms with Crippen LogP contribution in [0.4, 0.5) is 0 Å². The summed E-state index contributed by atoms with van der Waals surface area (Å²) in [6.45, 7) is 0. The Morgan fingerprint density at radius 3 is 2.93 bits per heavy atom. The first-order chi connectivity index (χ1) is 7.15. The largest absolute Gasteiger partial charge is 0.478 e. The van der Waals surface area contributed by atoms with Crippen LogP contribution in [0, 0.1) is 11.3 Å². The van der Waals surface area contributed by atoms with Gasteiger partial charge in [-0.3, -0.25) is 0 Å². The molecule has 0 aliphatic carbocycles. The molecule has 0 radical (unpaired) electrons. The highest BCUT2D eigenvalue weighted by Gasteiger charge is 2.07. The molecule has 15 heavy (non-hydrogen) atoms. The van der Waals surface area contributed by atoms with Gasteiger partial charge in [-0.2, -0.15) is 5.26 Å². The SMILES string of the molecule is N#CCC=Cc1cc(Br)ccc1C(=O)O. The summed E-state index contributed by atoms with van der Waals surface area (Å²) < 4.78 is 0.809. The van der Waals surface area contributed by atoms with E-state index < -0.39 is 5.97 Å². The van der Waals surface area contributed by atoms with Crippen LogP contribution in [0.5, 0.6) is 0 Å². The molecular formula is C11H8BrNO2. The first-order valence-electron chi connectivity index (χ1n) is 4.21. The van der Waals surface area contributed by atoms with Crippen LogP contribution in [0.15, 0.2) is 28.7 Å². The van der Waals surface area contributed by atoms with Crippen molar-refractivity contribution in [1.29, 1.82) is 5.26 Å². The Morgan fingerprint density at radius 2 is 2.33 bits per heavy atom. The lowest BCUT2D eigenvalue weighted by atomic mass is 10.1. The van der Waals surface area contributed by atoms with Crippen LogP contribution < -0.4 is 0 Å². The third-order valence-electron chi connectivity index (χ3n) is 1.75. The summed E-state index contributed by atoms with van der Waals surface area (Å²) in [6.07, 6.45) is 3.54. The number of nitriles is 1. The molecule has 76 valence electrons. The monoisotopic (exact) mass is 265 g/mol. The predicted molar refractivity (Wildman–Crippen MR) is 60.4 cm³/mol. The lowest BCUT2D eigenvalue weighted by molar-refractivity contribution is 0.0696.